The number of rotatable bonds is 3. The van der Waals surface area contributed by atoms with Crippen molar-refractivity contribution in [1.29, 1.82) is 0 Å². The number of likely N-dealkylation sites (tertiary alicyclic amines) is 1. The lowest BCUT2D eigenvalue weighted by Crippen LogP contribution is -2.46. The van der Waals surface area contributed by atoms with Crippen molar-refractivity contribution < 1.29 is 9.53 Å². The number of aldehydes is 1. The molecule has 0 N–H and O–H groups in total. The Bertz CT molecular complexity index is 257. The van der Waals surface area contributed by atoms with Crippen LogP contribution in [0.15, 0.2) is 0 Å². The van der Waals surface area contributed by atoms with Crippen LogP contribution >= 0.6 is 0 Å². The third-order valence-corrected chi connectivity index (χ3v) is 3.90. The van der Waals surface area contributed by atoms with Gasteiger partial charge in [-0.1, -0.05) is 13.8 Å². The molecular weight excluding hydrogens is 202 g/mol. The summed E-state index contributed by atoms with van der Waals surface area (Å²) in [4.78, 5) is 13.7. The van der Waals surface area contributed by atoms with Gasteiger partial charge in [-0.05, 0) is 31.2 Å². The Morgan fingerprint density at radius 1 is 1.38 bits per heavy atom. The van der Waals surface area contributed by atoms with E-state index in [0.717, 1.165) is 38.9 Å². The lowest BCUT2D eigenvalue weighted by molar-refractivity contribution is -0.117. The van der Waals surface area contributed by atoms with Crippen molar-refractivity contribution >= 4 is 6.29 Å². The predicted octanol–water partition coefficient (Wildman–Crippen LogP) is 1.71. The summed E-state index contributed by atoms with van der Waals surface area (Å²) in [6.07, 6.45) is 4.58. The minimum absolute atomic E-state index is 0.215. The van der Waals surface area contributed by atoms with E-state index in [2.05, 4.69) is 18.7 Å². The van der Waals surface area contributed by atoms with Crippen LogP contribution in [0.1, 0.15) is 33.1 Å². The second kappa shape index (κ2) is 4.46. The lowest BCUT2D eigenvalue weighted by atomic mass is 9.82. The summed E-state index contributed by atoms with van der Waals surface area (Å²) < 4.78 is 5.39. The van der Waals surface area contributed by atoms with Crippen molar-refractivity contribution in [2.45, 2.75) is 33.1 Å². The largest absolute Gasteiger partial charge is 0.380 e. The average molecular weight is 225 g/mol. The first-order valence-corrected chi connectivity index (χ1v) is 6.32. The highest BCUT2D eigenvalue weighted by Crippen LogP contribution is 2.33. The van der Waals surface area contributed by atoms with Gasteiger partial charge in [0.2, 0.25) is 0 Å². The summed E-state index contributed by atoms with van der Waals surface area (Å²) in [7, 11) is 0. The summed E-state index contributed by atoms with van der Waals surface area (Å²) in [5.74, 6) is 0. The summed E-state index contributed by atoms with van der Waals surface area (Å²) in [6.45, 7) is 9.14. The van der Waals surface area contributed by atoms with Gasteiger partial charge in [0.1, 0.15) is 6.29 Å². The Hall–Kier alpha value is -0.410. The highest BCUT2D eigenvalue weighted by atomic mass is 16.5. The van der Waals surface area contributed by atoms with Gasteiger partial charge in [-0.3, -0.25) is 0 Å². The Balaban J connectivity index is 1.95. The molecule has 2 heterocycles. The van der Waals surface area contributed by atoms with Crippen molar-refractivity contribution in [1.82, 2.24) is 4.90 Å². The molecule has 0 aliphatic carbocycles. The molecule has 0 amide bonds. The first-order valence-electron chi connectivity index (χ1n) is 6.32. The van der Waals surface area contributed by atoms with E-state index in [4.69, 9.17) is 4.74 Å². The van der Waals surface area contributed by atoms with Gasteiger partial charge in [0.05, 0.1) is 12.0 Å². The van der Waals surface area contributed by atoms with Crippen LogP contribution in [0.2, 0.25) is 0 Å². The Morgan fingerprint density at radius 3 is 2.75 bits per heavy atom. The van der Waals surface area contributed by atoms with Crippen LogP contribution in [0.5, 0.6) is 0 Å². The summed E-state index contributed by atoms with van der Waals surface area (Å²) in [5.41, 5.74) is 0.190. The van der Waals surface area contributed by atoms with Crippen LogP contribution in [0.3, 0.4) is 0 Å². The fourth-order valence-corrected chi connectivity index (χ4v) is 3.00. The molecule has 0 spiro atoms. The zero-order chi connectivity index (χ0) is 11.6. The fraction of sp³-hybridized carbons (Fsp3) is 0.923. The lowest BCUT2D eigenvalue weighted by Gasteiger charge is -2.40. The number of piperidine rings is 1. The van der Waals surface area contributed by atoms with E-state index < -0.39 is 0 Å². The zero-order valence-corrected chi connectivity index (χ0v) is 10.5. The summed E-state index contributed by atoms with van der Waals surface area (Å²) in [6, 6.07) is 0. The van der Waals surface area contributed by atoms with Gasteiger partial charge < -0.3 is 14.4 Å². The van der Waals surface area contributed by atoms with E-state index in [1.165, 1.54) is 12.8 Å². The van der Waals surface area contributed by atoms with Gasteiger partial charge >= 0.3 is 0 Å². The van der Waals surface area contributed by atoms with Crippen molar-refractivity contribution in [2.24, 2.45) is 10.8 Å². The monoisotopic (exact) mass is 225 g/mol. The molecule has 2 aliphatic rings. The second-order valence-electron chi connectivity index (χ2n) is 6.26. The molecular formula is C13H23NO2. The number of carbonyl (C=O) groups is 1. The van der Waals surface area contributed by atoms with Gasteiger partial charge in [0.15, 0.2) is 0 Å². The van der Waals surface area contributed by atoms with Gasteiger partial charge in [-0.2, -0.15) is 0 Å². The van der Waals surface area contributed by atoms with Crippen LogP contribution in [-0.2, 0) is 9.53 Å². The van der Waals surface area contributed by atoms with Gasteiger partial charge in [0, 0.05) is 19.7 Å². The topological polar surface area (TPSA) is 29.5 Å². The molecule has 16 heavy (non-hydrogen) atoms. The molecule has 92 valence electrons. The normalized spacial score (nSPS) is 35.1. The molecule has 0 aromatic rings. The third-order valence-electron chi connectivity index (χ3n) is 3.90. The standard InChI is InChI=1S/C13H23NO2/c1-12(2)4-3-6-14(8-12)9-13(10-15)5-7-16-11-13/h10H,3-9,11H2,1-2H3. The molecule has 0 aromatic carbocycles. The highest BCUT2D eigenvalue weighted by Gasteiger charge is 2.38. The Labute approximate surface area is 98.1 Å². The molecule has 0 radical (unpaired) electrons. The van der Waals surface area contributed by atoms with Gasteiger partial charge in [0.25, 0.3) is 0 Å². The zero-order valence-electron chi connectivity index (χ0n) is 10.5. The van der Waals surface area contributed by atoms with Crippen LogP contribution in [0.4, 0.5) is 0 Å². The maximum atomic E-state index is 11.3. The molecule has 3 nitrogen and oxygen atoms in total. The number of hydrogen-bond acceptors (Lipinski definition) is 3. The Kier molecular flexibility index (Phi) is 3.36. The van der Waals surface area contributed by atoms with Crippen LogP contribution in [-0.4, -0.2) is 44.0 Å². The minimum atomic E-state index is -0.215. The molecule has 1 atom stereocenters. The quantitative estimate of drug-likeness (QED) is 0.685. The van der Waals surface area contributed by atoms with Crippen LogP contribution in [0.25, 0.3) is 0 Å². The number of carbonyl (C=O) groups excluding carboxylic acids is 1. The van der Waals surface area contributed by atoms with E-state index in [0.29, 0.717) is 12.0 Å². The van der Waals surface area contributed by atoms with Crippen molar-refractivity contribution in [3.8, 4) is 0 Å². The van der Waals surface area contributed by atoms with E-state index in [9.17, 15) is 4.79 Å². The summed E-state index contributed by atoms with van der Waals surface area (Å²) in [5, 5.41) is 0. The molecule has 2 aliphatic heterocycles. The van der Waals surface area contributed by atoms with Crippen molar-refractivity contribution in [3.63, 3.8) is 0 Å². The fourth-order valence-electron chi connectivity index (χ4n) is 3.00. The van der Waals surface area contributed by atoms with Crippen LogP contribution in [0, 0.1) is 10.8 Å². The molecule has 0 saturated carbocycles. The number of ether oxygens (including phenoxy) is 1. The maximum Gasteiger partial charge on any atom is 0.129 e. The van der Waals surface area contributed by atoms with Crippen molar-refractivity contribution in [2.75, 3.05) is 32.8 Å². The van der Waals surface area contributed by atoms with E-state index >= 15 is 0 Å². The molecule has 3 heteroatoms. The molecule has 2 fully saturated rings. The average Bonchev–Trinajstić information content (AvgIpc) is 2.65. The molecule has 1 unspecified atom stereocenters. The minimum Gasteiger partial charge on any atom is -0.380 e. The first-order chi connectivity index (χ1) is 7.55. The smallest absolute Gasteiger partial charge is 0.129 e. The second-order valence-corrected chi connectivity index (χ2v) is 6.26. The van der Waals surface area contributed by atoms with E-state index in [-0.39, 0.29) is 5.41 Å². The number of hydrogen-bond donors (Lipinski definition) is 0. The van der Waals surface area contributed by atoms with Crippen molar-refractivity contribution in [3.05, 3.63) is 0 Å². The van der Waals surface area contributed by atoms with E-state index in [1.807, 2.05) is 0 Å². The SMILES string of the molecule is CC1(C)CCCN(CC2(C=O)CCOC2)C1. The molecule has 2 saturated heterocycles. The summed E-state index contributed by atoms with van der Waals surface area (Å²) >= 11 is 0. The molecule has 0 bridgehead atoms. The first kappa shape index (κ1) is 12.1. The molecule has 2 rings (SSSR count). The van der Waals surface area contributed by atoms with Gasteiger partial charge in [-0.25, -0.2) is 0 Å². The Morgan fingerprint density at radius 2 is 2.19 bits per heavy atom. The van der Waals surface area contributed by atoms with Gasteiger partial charge in [-0.15, -0.1) is 0 Å². The maximum absolute atomic E-state index is 11.3. The predicted molar refractivity (Wildman–Crippen MR) is 63.4 cm³/mol. The number of nitrogens with zero attached hydrogens (tertiary/aromatic N) is 1. The third kappa shape index (κ3) is 2.64. The highest BCUT2D eigenvalue weighted by molar-refractivity contribution is 5.60. The van der Waals surface area contributed by atoms with E-state index in [1.54, 1.807) is 0 Å². The molecule has 0 aromatic heterocycles. The van der Waals surface area contributed by atoms with Crippen LogP contribution < -0.4 is 0 Å².